The van der Waals surface area contributed by atoms with Gasteiger partial charge < -0.3 is 14.4 Å². The number of carbonyl (C=O) groups is 1. The minimum Gasteiger partial charge on any atom is -0.342 e. The van der Waals surface area contributed by atoms with E-state index in [4.69, 9.17) is 0 Å². The van der Waals surface area contributed by atoms with Crippen molar-refractivity contribution in [1.82, 2.24) is 14.4 Å². The first-order valence-electron chi connectivity index (χ1n) is 7.34. The quantitative estimate of drug-likeness (QED) is 0.823. The molecule has 5 heteroatoms. The van der Waals surface area contributed by atoms with E-state index < -0.39 is 0 Å². The Hall–Kier alpha value is -0.810. The SMILES string of the molecule is CCCn1cc(Br)cc1C(=O)N(C)CC1CCCN1C. The molecule has 0 aliphatic carbocycles. The van der Waals surface area contributed by atoms with Gasteiger partial charge in [-0.3, -0.25) is 4.79 Å². The van der Waals surface area contributed by atoms with E-state index in [0.717, 1.165) is 36.2 Å². The van der Waals surface area contributed by atoms with Gasteiger partial charge in [-0.2, -0.15) is 0 Å². The molecule has 2 heterocycles. The third-order valence-corrected chi connectivity index (χ3v) is 4.48. The van der Waals surface area contributed by atoms with Crippen LogP contribution in [0.4, 0.5) is 0 Å². The minimum absolute atomic E-state index is 0.115. The lowest BCUT2D eigenvalue weighted by molar-refractivity contribution is 0.0750. The number of hydrogen-bond donors (Lipinski definition) is 0. The predicted molar refractivity (Wildman–Crippen MR) is 85.0 cm³/mol. The van der Waals surface area contributed by atoms with Crippen molar-refractivity contribution in [1.29, 1.82) is 0 Å². The average molecular weight is 342 g/mol. The molecule has 1 aliphatic heterocycles. The lowest BCUT2D eigenvalue weighted by atomic mass is 10.2. The topological polar surface area (TPSA) is 28.5 Å². The fraction of sp³-hybridized carbons (Fsp3) is 0.667. The van der Waals surface area contributed by atoms with Gasteiger partial charge in [0.25, 0.3) is 5.91 Å². The molecule has 112 valence electrons. The van der Waals surface area contributed by atoms with Crippen molar-refractivity contribution in [2.45, 2.75) is 38.8 Å². The summed E-state index contributed by atoms with van der Waals surface area (Å²) in [7, 11) is 4.05. The van der Waals surface area contributed by atoms with Gasteiger partial charge in [-0.1, -0.05) is 6.92 Å². The van der Waals surface area contributed by atoms with Gasteiger partial charge in [-0.25, -0.2) is 0 Å². The zero-order chi connectivity index (χ0) is 14.7. The van der Waals surface area contributed by atoms with Gasteiger partial charge in [0, 0.05) is 36.8 Å². The first-order chi connectivity index (χ1) is 9.52. The normalized spacial score (nSPS) is 19.5. The summed E-state index contributed by atoms with van der Waals surface area (Å²) in [5.74, 6) is 0.115. The fourth-order valence-corrected chi connectivity index (χ4v) is 3.35. The van der Waals surface area contributed by atoms with Crippen LogP contribution in [0.2, 0.25) is 0 Å². The van der Waals surface area contributed by atoms with E-state index >= 15 is 0 Å². The van der Waals surface area contributed by atoms with E-state index in [1.54, 1.807) is 0 Å². The number of nitrogens with zero attached hydrogens (tertiary/aromatic N) is 3. The molecule has 2 rings (SSSR count). The zero-order valence-corrected chi connectivity index (χ0v) is 14.2. The number of likely N-dealkylation sites (tertiary alicyclic amines) is 1. The zero-order valence-electron chi connectivity index (χ0n) is 12.6. The molecule has 0 N–H and O–H groups in total. The van der Waals surface area contributed by atoms with E-state index in [9.17, 15) is 4.79 Å². The summed E-state index contributed by atoms with van der Waals surface area (Å²) in [5.41, 5.74) is 0.780. The summed E-state index contributed by atoms with van der Waals surface area (Å²) in [5, 5.41) is 0. The van der Waals surface area contributed by atoms with Crippen LogP contribution >= 0.6 is 15.9 Å². The summed E-state index contributed by atoms with van der Waals surface area (Å²) >= 11 is 3.47. The van der Waals surface area contributed by atoms with Gasteiger partial charge >= 0.3 is 0 Å². The third kappa shape index (κ3) is 3.44. The number of halogens is 1. The summed E-state index contributed by atoms with van der Waals surface area (Å²) in [4.78, 5) is 16.8. The summed E-state index contributed by atoms with van der Waals surface area (Å²) in [6.45, 7) is 4.96. The number of carbonyl (C=O) groups excluding carboxylic acids is 1. The van der Waals surface area contributed by atoms with Crippen LogP contribution in [0.25, 0.3) is 0 Å². The Labute approximate surface area is 129 Å². The van der Waals surface area contributed by atoms with Crippen LogP contribution in [-0.2, 0) is 6.54 Å². The maximum atomic E-state index is 12.6. The highest BCUT2D eigenvalue weighted by Gasteiger charge is 2.25. The van der Waals surface area contributed by atoms with Crippen molar-refractivity contribution >= 4 is 21.8 Å². The van der Waals surface area contributed by atoms with Crippen molar-refractivity contribution in [2.75, 3.05) is 27.2 Å². The van der Waals surface area contributed by atoms with Crippen LogP contribution in [0.5, 0.6) is 0 Å². The van der Waals surface area contributed by atoms with E-state index in [2.05, 4.69) is 34.8 Å². The van der Waals surface area contributed by atoms with Crippen LogP contribution < -0.4 is 0 Å². The highest BCUT2D eigenvalue weighted by Crippen LogP contribution is 2.19. The van der Waals surface area contributed by atoms with Gasteiger partial charge in [-0.05, 0) is 54.9 Å². The predicted octanol–water partition coefficient (Wildman–Crippen LogP) is 2.83. The molecule has 0 spiro atoms. The number of rotatable bonds is 5. The molecule has 1 fully saturated rings. The molecule has 0 aromatic carbocycles. The van der Waals surface area contributed by atoms with Gasteiger partial charge in [0.2, 0.25) is 0 Å². The highest BCUT2D eigenvalue weighted by atomic mass is 79.9. The monoisotopic (exact) mass is 341 g/mol. The first-order valence-corrected chi connectivity index (χ1v) is 8.13. The van der Waals surface area contributed by atoms with Crippen LogP contribution in [0.1, 0.15) is 36.7 Å². The lowest BCUT2D eigenvalue weighted by Crippen LogP contribution is -2.40. The van der Waals surface area contributed by atoms with Gasteiger partial charge in [0.05, 0.1) is 0 Å². The Bertz CT molecular complexity index is 472. The molecule has 0 radical (unpaired) electrons. The average Bonchev–Trinajstić information content (AvgIpc) is 2.96. The Kier molecular flexibility index (Phi) is 5.27. The molecule has 1 aromatic heterocycles. The standard InChI is InChI=1S/C15H24BrN3O/c1-4-7-19-10-12(16)9-14(19)15(20)18(3)11-13-6-5-8-17(13)2/h9-10,13H,4-8,11H2,1-3H3. The lowest BCUT2D eigenvalue weighted by Gasteiger charge is -2.26. The molecular formula is C15H24BrN3O. The molecule has 20 heavy (non-hydrogen) atoms. The van der Waals surface area contributed by atoms with Crippen LogP contribution in [0, 0.1) is 0 Å². The van der Waals surface area contributed by atoms with E-state index in [1.807, 2.05) is 28.8 Å². The second kappa shape index (κ2) is 6.76. The van der Waals surface area contributed by atoms with Crippen LogP contribution in [-0.4, -0.2) is 53.5 Å². The molecule has 1 atom stereocenters. The van der Waals surface area contributed by atoms with E-state index in [-0.39, 0.29) is 5.91 Å². The summed E-state index contributed by atoms with van der Waals surface area (Å²) in [6, 6.07) is 2.43. The maximum Gasteiger partial charge on any atom is 0.270 e. The molecular weight excluding hydrogens is 318 g/mol. The van der Waals surface area contributed by atoms with Crippen molar-refractivity contribution in [3.05, 3.63) is 22.4 Å². The molecule has 0 bridgehead atoms. The minimum atomic E-state index is 0.115. The van der Waals surface area contributed by atoms with Gasteiger partial charge in [0.15, 0.2) is 0 Å². The highest BCUT2D eigenvalue weighted by molar-refractivity contribution is 9.10. The third-order valence-electron chi connectivity index (χ3n) is 4.05. The smallest absolute Gasteiger partial charge is 0.270 e. The Balaban J connectivity index is 2.06. The van der Waals surface area contributed by atoms with Gasteiger partial charge in [0.1, 0.15) is 5.69 Å². The molecule has 1 amide bonds. The van der Waals surface area contributed by atoms with Crippen molar-refractivity contribution in [3.63, 3.8) is 0 Å². The molecule has 1 saturated heterocycles. The molecule has 4 nitrogen and oxygen atoms in total. The second-order valence-electron chi connectivity index (χ2n) is 5.70. The van der Waals surface area contributed by atoms with Gasteiger partial charge in [-0.15, -0.1) is 0 Å². The van der Waals surface area contributed by atoms with Crippen molar-refractivity contribution in [3.8, 4) is 0 Å². The Morgan fingerprint density at radius 3 is 2.90 bits per heavy atom. The Morgan fingerprint density at radius 2 is 2.30 bits per heavy atom. The molecule has 1 unspecified atom stereocenters. The largest absolute Gasteiger partial charge is 0.342 e. The first kappa shape index (κ1) is 15.6. The van der Waals surface area contributed by atoms with E-state index in [0.29, 0.717) is 6.04 Å². The molecule has 0 saturated carbocycles. The van der Waals surface area contributed by atoms with Crippen LogP contribution in [0.15, 0.2) is 16.7 Å². The Morgan fingerprint density at radius 1 is 1.55 bits per heavy atom. The number of likely N-dealkylation sites (N-methyl/N-ethyl adjacent to an activating group) is 2. The fourth-order valence-electron chi connectivity index (χ4n) is 2.88. The molecule has 1 aromatic rings. The van der Waals surface area contributed by atoms with Crippen molar-refractivity contribution in [2.24, 2.45) is 0 Å². The van der Waals surface area contributed by atoms with Crippen molar-refractivity contribution < 1.29 is 4.79 Å². The second-order valence-corrected chi connectivity index (χ2v) is 6.61. The summed E-state index contributed by atoms with van der Waals surface area (Å²) < 4.78 is 3.02. The maximum absolute atomic E-state index is 12.6. The number of amides is 1. The molecule has 1 aliphatic rings. The van der Waals surface area contributed by atoms with E-state index in [1.165, 1.54) is 12.8 Å². The number of aryl methyl sites for hydroxylation is 1. The number of aromatic nitrogens is 1. The summed E-state index contributed by atoms with van der Waals surface area (Å²) in [6.07, 6.45) is 5.44. The van der Waals surface area contributed by atoms with Crippen LogP contribution in [0.3, 0.4) is 0 Å². The number of hydrogen-bond acceptors (Lipinski definition) is 2.